The molecule has 2 aromatic heterocycles. The zero-order valence-corrected chi connectivity index (χ0v) is 14.4. The van der Waals surface area contributed by atoms with Gasteiger partial charge in [-0.1, -0.05) is 6.07 Å². The predicted octanol–water partition coefficient (Wildman–Crippen LogP) is 1.51. The minimum atomic E-state index is -0.477. The molecule has 2 N–H and O–H groups in total. The third-order valence-electron chi connectivity index (χ3n) is 5.38. The Labute approximate surface area is 148 Å². The molecule has 0 bridgehead atoms. The van der Waals surface area contributed by atoms with Gasteiger partial charge < -0.3 is 15.3 Å². The quantitative estimate of drug-likeness (QED) is 0.883. The first-order chi connectivity index (χ1) is 12.3. The van der Waals surface area contributed by atoms with Crippen LogP contribution in [0.3, 0.4) is 0 Å². The zero-order valence-electron chi connectivity index (χ0n) is 14.4. The molecule has 25 heavy (non-hydrogen) atoms. The second-order valence-corrected chi connectivity index (χ2v) is 6.90. The number of anilines is 1. The fraction of sp³-hybridized carbons (Fsp3) is 0.526. The summed E-state index contributed by atoms with van der Waals surface area (Å²) in [5.41, 5.74) is 3.27. The van der Waals surface area contributed by atoms with Gasteiger partial charge in [-0.3, -0.25) is 4.98 Å². The fourth-order valence-electron chi connectivity index (χ4n) is 3.95. The average Bonchev–Trinajstić information content (AvgIpc) is 2.94. The molecule has 0 aromatic carbocycles. The Morgan fingerprint density at radius 3 is 2.72 bits per heavy atom. The maximum atomic E-state index is 10.6. The Hall–Kier alpha value is -2.05. The fourth-order valence-corrected chi connectivity index (χ4v) is 3.95. The van der Waals surface area contributed by atoms with Gasteiger partial charge in [-0.25, -0.2) is 9.97 Å². The molecule has 0 unspecified atom stereocenters. The lowest BCUT2D eigenvalue weighted by atomic mass is 9.89. The van der Waals surface area contributed by atoms with E-state index in [-0.39, 0.29) is 5.92 Å². The summed E-state index contributed by atoms with van der Waals surface area (Å²) in [5.74, 6) is 1.35. The molecule has 1 fully saturated rings. The van der Waals surface area contributed by atoms with Crippen LogP contribution in [0.25, 0.3) is 0 Å². The van der Waals surface area contributed by atoms with Gasteiger partial charge in [0.2, 0.25) is 0 Å². The van der Waals surface area contributed by atoms with Crippen LogP contribution in [0.5, 0.6) is 0 Å². The molecule has 2 aliphatic heterocycles. The second-order valence-electron chi connectivity index (χ2n) is 6.90. The van der Waals surface area contributed by atoms with Crippen molar-refractivity contribution in [3.05, 3.63) is 47.7 Å². The summed E-state index contributed by atoms with van der Waals surface area (Å²) >= 11 is 0. The Morgan fingerprint density at radius 2 is 1.92 bits per heavy atom. The largest absolute Gasteiger partial charge is 0.387 e. The van der Waals surface area contributed by atoms with E-state index in [1.165, 1.54) is 11.3 Å². The topological polar surface area (TPSA) is 74.2 Å². The van der Waals surface area contributed by atoms with E-state index in [9.17, 15) is 5.11 Å². The summed E-state index contributed by atoms with van der Waals surface area (Å²) in [6, 6.07) is 5.73. The third-order valence-corrected chi connectivity index (χ3v) is 5.38. The van der Waals surface area contributed by atoms with Gasteiger partial charge in [0.05, 0.1) is 17.5 Å². The molecule has 2 aliphatic rings. The van der Waals surface area contributed by atoms with E-state index in [0.29, 0.717) is 0 Å². The number of fused-ring (bicyclic) bond motifs is 1. The molecule has 0 amide bonds. The van der Waals surface area contributed by atoms with E-state index < -0.39 is 6.10 Å². The summed E-state index contributed by atoms with van der Waals surface area (Å²) in [6.45, 7) is 3.82. The lowest BCUT2D eigenvalue weighted by molar-refractivity contribution is 0.0890. The highest BCUT2D eigenvalue weighted by atomic mass is 16.3. The number of nitrogens with zero attached hydrogens (tertiary/aromatic N) is 4. The van der Waals surface area contributed by atoms with E-state index >= 15 is 0 Å². The molecule has 2 aromatic rings. The van der Waals surface area contributed by atoms with Crippen LogP contribution in [-0.2, 0) is 12.8 Å². The van der Waals surface area contributed by atoms with Crippen LogP contribution in [0.4, 0.5) is 5.82 Å². The molecule has 0 aliphatic carbocycles. The summed E-state index contributed by atoms with van der Waals surface area (Å²) < 4.78 is 0. The van der Waals surface area contributed by atoms with Crippen molar-refractivity contribution < 1.29 is 5.11 Å². The number of rotatable bonds is 3. The lowest BCUT2D eigenvalue weighted by Crippen LogP contribution is -2.37. The normalized spacial score (nSPS) is 20.0. The van der Waals surface area contributed by atoms with Gasteiger partial charge in [0, 0.05) is 37.8 Å². The van der Waals surface area contributed by atoms with Crippen molar-refractivity contribution >= 4 is 5.82 Å². The van der Waals surface area contributed by atoms with Crippen molar-refractivity contribution in [3.63, 3.8) is 0 Å². The van der Waals surface area contributed by atoms with Crippen LogP contribution in [0, 0.1) is 5.92 Å². The first-order valence-electron chi connectivity index (χ1n) is 9.20. The Balaban J connectivity index is 1.46. The van der Waals surface area contributed by atoms with Crippen molar-refractivity contribution in [1.82, 2.24) is 20.3 Å². The van der Waals surface area contributed by atoms with Crippen molar-refractivity contribution in [2.75, 3.05) is 31.1 Å². The molecule has 0 spiro atoms. The van der Waals surface area contributed by atoms with Crippen molar-refractivity contribution in [2.45, 2.75) is 31.8 Å². The van der Waals surface area contributed by atoms with Gasteiger partial charge in [0.25, 0.3) is 0 Å². The number of hydrogen-bond donors (Lipinski definition) is 2. The third kappa shape index (κ3) is 3.50. The maximum absolute atomic E-state index is 10.6. The van der Waals surface area contributed by atoms with E-state index in [1.807, 2.05) is 18.2 Å². The summed E-state index contributed by atoms with van der Waals surface area (Å²) in [4.78, 5) is 15.8. The number of nitrogens with one attached hydrogen (secondary N) is 1. The molecule has 6 heteroatoms. The summed E-state index contributed by atoms with van der Waals surface area (Å²) in [6.07, 6.45) is 6.84. The van der Waals surface area contributed by atoms with Crippen LogP contribution in [-0.4, -0.2) is 46.2 Å². The van der Waals surface area contributed by atoms with Crippen LogP contribution < -0.4 is 10.2 Å². The number of aliphatic hydroxyl groups excluding tert-OH is 1. The average molecular weight is 339 g/mol. The first-order valence-corrected chi connectivity index (χ1v) is 9.20. The monoisotopic (exact) mass is 339 g/mol. The maximum Gasteiger partial charge on any atom is 0.135 e. The number of hydrogen-bond acceptors (Lipinski definition) is 6. The highest BCUT2D eigenvalue weighted by Crippen LogP contribution is 2.32. The van der Waals surface area contributed by atoms with E-state index in [1.54, 1.807) is 12.5 Å². The minimum Gasteiger partial charge on any atom is -0.387 e. The molecule has 1 atom stereocenters. The zero-order chi connectivity index (χ0) is 17.1. The number of aliphatic hydroxyl groups is 1. The molecule has 0 saturated carbocycles. The van der Waals surface area contributed by atoms with E-state index in [0.717, 1.165) is 63.4 Å². The molecular weight excluding hydrogens is 314 g/mol. The van der Waals surface area contributed by atoms with Gasteiger partial charge >= 0.3 is 0 Å². The van der Waals surface area contributed by atoms with Gasteiger partial charge in [0.15, 0.2) is 0 Å². The first kappa shape index (κ1) is 16.4. The van der Waals surface area contributed by atoms with Crippen molar-refractivity contribution in [3.8, 4) is 0 Å². The van der Waals surface area contributed by atoms with Crippen LogP contribution in [0.15, 0.2) is 30.7 Å². The molecule has 132 valence electrons. The van der Waals surface area contributed by atoms with E-state index in [2.05, 4.69) is 25.2 Å². The standard InChI is InChI=1S/C19H25N5O/c25-18(17-3-1-2-8-21-17)14-6-11-24(12-7-14)19-15-4-9-20-10-5-16(15)22-13-23-19/h1-3,8,13-14,18,20,25H,4-7,9-12H2/t18-/m0/s1. The molecule has 6 nitrogen and oxygen atoms in total. The number of piperidine rings is 1. The highest BCUT2D eigenvalue weighted by Gasteiger charge is 2.29. The Bertz CT molecular complexity index is 700. The molecule has 0 radical (unpaired) electrons. The summed E-state index contributed by atoms with van der Waals surface area (Å²) in [5, 5.41) is 14.1. The van der Waals surface area contributed by atoms with Gasteiger partial charge in [-0.2, -0.15) is 0 Å². The number of aromatic nitrogens is 3. The Kier molecular flexibility index (Phi) is 4.90. The van der Waals surface area contributed by atoms with Crippen LogP contribution in [0.1, 0.15) is 35.9 Å². The molecule has 4 heterocycles. The molecule has 1 saturated heterocycles. The van der Waals surface area contributed by atoms with Gasteiger partial charge in [-0.05, 0) is 43.9 Å². The van der Waals surface area contributed by atoms with Crippen molar-refractivity contribution in [2.24, 2.45) is 5.92 Å². The second kappa shape index (κ2) is 7.45. The predicted molar refractivity (Wildman–Crippen MR) is 96.4 cm³/mol. The lowest BCUT2D eigenvalue weighted by Gasteiger charge is -2.35. The van der Waals surface area contributed by atoms with Gasteiger partial charge in [-0.15, -0.1) is 0 Å². The van der Waals surface area contributed by atoms with Crippen molar-refractivity contribution in [1.29, 1.82) is 0 Å². The Morgan fingerprint density at radius 1 is 1.08 bits per heavy atom. The highest BCUT2D eigenvalue weighted by molar-refractivity contribution is 5.49. The van der Waals surface area contributed by atoms with Crippen LogP contribution in [0.2, 0.25) is 0 Å². The van der Waals surface area contributed by atoms with Gasteiger partial charge in [0.1, 0.15) is 12.1 Å². The minimum absolute atomic E-state index is 0.258. The number of pyridine rings is 1. The smallest absolute Gasteiger partial charge is 0.135 e. The molecule has 4 rings (SSSR count). The van der Waals surface area contributed by atoms with E-state index in [4.69, 9.17) is 0 Å². The summed E-state index contributed by atoms with van der Waals surface area (Å²) in [7, 11) is 0. The van der Waals surface area contributed by atoms with Crippen LogP contribution >= 0.6 is 0 Å². The molecular formula is C19H25N5O. The SMILES string of the molecule is O[C@H](c1ccccn1)C1CCN(c2ncnc3c2CCNCC3)CC1.